The molecule has 3 amide bonds. The molecule has 2 rings (SSSR count). The highest BCUT2D eigenvalue weighted by atomic mass is 16.6. The molecule has 0 fully saturated rings. The fraction of sp³-hybridized carbons (Fsp3) is 0.393. The normalized spacial score (nSPS) is 12.0. The van der Waals surface area contributed by atoms with E-state index in [1.54, 1.807) is 26.8 Å². The molecule has 0 radical (unpaired) electrons. The summed E-state index contributed by atoms with van der Waals surface area (Å²) in [7, 11) is 0. The van der Waals surface area contributed by atoms with Gasteiger partial charge in [0.15, 0.2) is 0 Å². The third-order valence-electron chi connectivity index (χ3n) is 5.35. The summed E-state index contributed by atoms with van der Waals surface area (Å²) < 4.78 is 5.25. The summed E-state index contributed by atoms with van der Waals surface area (Å²) in [6.45, 7) is 16.3. The Kier molecular flexibility index (Phi) is 9.23. The van der Waals surface area contributed by atoms with Gasteiger partial charge in [-0.1, -0.05) is 49.1 Å². The van der Waals surface area contributed by atoms with Gasteiger partial charge in [0.1, 0.15) is 18.2 Å². The molecule has 0 spiro atoms. The number of rotatable bonds is 8. The van der Waals surface area contributed by atoms with E-state index in [4.69, 9.17) is 4.74 Å². The summed E-state index contributed by atoms with van der Waals surface area (Å²) in [4.78, 5) is 40.7. The second-order valence-corrected chi connectivity index (χ2v) is 9.78. The van der Waals surface area contributed by atoms with Crippen molar-refractivity contribution in [2.24, 2.45) is 0 Å². The lowest BCUT2D eigenvalue weighted by Crippen LogP contribution is -2.49. The lowest BCUT2D eigenvalue weighted by atomic mass is 9.99. The number of anilines is 1. The molecule has 2 N–H and O–H groups in total. The van der Waals surface area contributed by atoms with Crippen molar-refractivity contribution in [1.82, 2.24) is 10.2 Å². The van der Waals surface area contributed by atoms with Crippen LogP contribution in [0.4, 0.5) is 10.5 Å². The molecule has 188 valence electrons. The Morgan fingerprint density at radius 2 is 1.66 bits per heavy atom. The van der Waals surface area contributed by atoms with Gasteiger partial charge in [0, 0.05) is 11.7 Å². The maximum atomic E-state index is 13.8. The van der Waals surface area contributed by atoms with E-state index < -0.39 is 23.6 Å². The van der Waals surface area contributed by atoms with Crippen LogP contribution in [0, 0.1) is 13.8 Å². The molecule has 0 aliphatic rings. The van der Waals surface area contributed by atoms with Crippen molar-refractivity contribution in [3.63, 3.8) is 0 Å². The Bertz CT molecular complexity index is 1070. The molecular weight excluding hydrogens is 442 g/mol. The Hall–Kier alpha value is -3.61. The van der Waals surface area contributed by atoms with Crippen LogP contribution in [-0.4, -0.2) is 41.0 Å². The average Bonchev–Trinajstić information content (AvgIpc) is 2.76. The number of alkyl carbamates (subject to hydrolysis) is 1. The van der Waals surface area contributed by atoms with Gasteiger partial charge in [-0.05, 0) is 76.8 Å². The van der Waals surface area contributed by atoms with E-state index in [0.29, 0.717) is 11.3 Å². The molecule has 7 heteroatoms. The van der Waals surface area contributed by atoms with Crippen LogP contribution in [0.5, 0.6) is 0 Å². The smallest absolute Gasteiger partial charge is 0.408 e. The highest BCUT2D eigenvalue weighted by Gasteiger charge is 2.34. The SMILES string of the molecule is C=Cc1cccc(C(C(=O)Nc2c(C)cccc2C)N(C(=O)CNC(=O)OC(C)(C)C)C(C)C)c1. The number of carbonyl (C=O) groups is 3. The van der Waals surface area contributed by atoms with Crippen molar-refractivity contribution < 1.29 is 19.1 Å². The predicted octanol–water partition coefficient (Wildman–Crippen LogP) is 5.39. The van der Waals surface area contributed by atoms with Gasteiger partial charge in [0.25, 0.3) is 5.91 Å². The first-order valence-corrected chi connectivity index (χ1v) is 11.7. The fourth-order valence-corrected chi connectivity index (χ4v) is 3.78. The van der Waals surface area contributed by atoms with Gasteiger partial charge in [-0.15, -0.1) is 0 Å². The van der Waals surface area contributed by atoms with E-state index in [-0.39, 0.29) is 18.5 Å². The maximum absolute atomic E-state index is 13.8. The Balaban J connectivity index is 2.43. The first-order chi connectivity index (χ1) is 16.3. The van der Waals surface area contributed by atoms with Gasteiger partial charge in [-0.3, -0.25) is 9.59 Å². The topological polar surface area (TPSA) is 87.7 Å². The first kappa shape index (κ1) is 27.6. The second-order valence-electron chi connectivity index (χ2n) is 9.78. The van der Waals surface area contributed by atoms with Gasteiger partial charge >= 0.3 is 6.09 Å². The number of benzene rings is 2. The molecule has 35 heavy (non-hydrogen) atoms. The lowest BCUT2D eigenvalue weighted by molar-refractivity contribution is -0.140. The summed E-state index contributed by atoms with van der Waals surface area (Å²) in [5.41, 5.74) is 3.34. The molecular formula is C28H37N3O4. The van der Waals surface area contributed by atoms with Crippen molar-refractivity contribution in [1.29, 1.82) is 0 Å². The third-order valence-corrected chi connectivity index (χ3v) is 5.35. The molecule has 2 aromatic carbocycles. The maximum Gasteiger partial charge on any atom is 0.408 e. The highest BCUT2D eigenvalue weighted by molar-refractivity contribution is 5.99. The van der Waals surface area contributed by atoms with Gasteiger partial charge in [0.05, 0.1) is 0 Å². The molecule has 7 nitrogen and oxygen atoms in total. The van der Waals surface area contributed by atoms with E-state index in [1.807, 2.05) is 70.2 Å². The van der Waals surface area contributed by atoms with E-state index in [0.717, 1.165) is 16.7 Å². The van der Waals surface area contributed by atoms with Crippen LogP contribution in [0.1, 0.15) is 62.9 Å². The van der Waals surface area contributed by atoms with E-state index in [1.165, 1.54) is 4.90 Å². The van der Waals surface area contributed by atoms with Gasteiger partial charge < -0.3 is 20.3 Å². The highest BCUT2D eigenvalue weighted by Crippen LogP contribution is 2.28. The van der Waals surface area contributed by atoms with Crippen molar-refractivity contribution in [2.75, 3.05) is 11.9 Å². The Labute approximate surface area is 208 Å². The van der Waals surface area contributed by atoms with E-state index in [2.05, 4.69) is 17.2 Å². The first-order valence-electron chi connectivity index (χ1n) is 11.7. The molecule has 0 aromatic heterocycles. The van der Waals surface area contributed by atoms with Gasteiger partial charge in [-0.2, -0.15) is 0 Å². The number of carbonyl (C=O) groups excluding carboxylic acids is 3. The van der Waals surface area contributed by atoms with E-state index in [9.17, 15) is 14.4 Å². The van der Waals surface area contributed by atoms with Crippen LogP contribution in [0.3, 0.4) is 0 Å². The number of amides is 3. The van der Waals surface area contributed by atoms with Crippen molar-refractivity contribution >= 4 is 29.7 Å². The summed E-state index contributed by atoms with van der Waals surface area (Å²) in [6.07, 6.45) is 0.995. The van der Waals surface area contributed by atoms with Gasteiger partial charge in [0.2, 0.25) is 5.91 Å². The zero-order valence-electron chi connectivity index (χ0n) is 21.8. The summed E-state index contributed by atoms with van der Waals surface area (Å²) in [5.74, 6) is -0.751. The van der Waals surface area contributed by atoms with Crippen LogP contribution in [0.25, 0.3) is 6.08 Å². The number of aryl methyl sites for hydroxylation is 2. The van der Waals surface area contributed by atoms with Crippen LogP contribution in [-0.2, 0) is 14.3 Å². The zero-order chi connectivity index (χ0) is 26.3. The lowest BCUT2D eigenvalue weighted by Gasteiger charge is -2.35. The molecule has 0 heterocycles. The number of ether oxygens (including phenoxy) is 1. The largest absolute Gasteiger partial charge is 0.444 e. The monoisotopic (exact) mass is 479 g/mol. The second kappa shape index (κ2) is 11.7. The number of hydrogen-bond acceptors (Lipinski definition) is 4. The van der Waals surface area contributed by atoms with Crippen molar-refractivity contribution in [3.8, 4) is 0 Å². The predicted molar refractivity (Wildman–Crippen MR) is 140 cm³/mol. The molecule has 1 unspecified atom stereocenters. The zero-order valence-corrected chi connectivity index (χ0v) is 21.8. The summed E-state index contributed by atoms with van der Waals surface area (Å²) >= 11 is 0. The minimum atomic E-state index is -0.929. The quantitative estimate of drug-likeness (QED) is 0.532. The number of nitrogens with zero attached hydrogens (tertiary/aromatic N) is 1. The summed E-state index contributed by atoms with van der Waals surface area (Å²) in [5, 5.41) is 5.54. The average molecular weight is 480 g/mol. The molecule has 0 aliphatic heterocycles. The standard InChI is InChI=1S/C28H37N3O4/c1-9-21-14-11-15-22(16-21)25(26(33)30-24-19(4)12-10-13-20(24)5)31(18(2)3)23(32)17-29-27(34)35-28(6,7)8/h9-16,18,25H,1,17H2,2-8H3,(H,29,34)(H,30,33). The van der Waals surface area contributed by atoms with Crippen molar-refractivity contribution in [3.05, 3.63) is 71.3 Å². The molecule has 0 saturated heterocycles. The number of hydrogen-bond donors (Lipinski definition) is 2. The van der Waals surface area contributed by atoms with Crippen LogP contribution < -0.4 is 10.6 Å². The molecule has 0 saturated carbocycles. The van der Waals surface area contributed by atoms with Crippen LogP contribution in [0.15, 0.2) is 49.0 Å². The van der Waals surface area contributed by atoms with Crippen molar-refractivity contribution in [2.45, 2.75) is 66.2 Å². The number of nitrogens with one attached hydrogen (secondary N) is 2. The summed E-state index contributed by atoms with van der Waals surface area (Å²) in [6, 6.07) is 11.9. The fourth-order valence-electron chi connectivity index (χ4n) is 3.78. The Morgan fingerprint density at radius 1 is 1.06 bits per heavy atom. The van der Waals surface area contributed by atoms with Crippen LogP contribution >= 0.6 is 0 Å². The Morgan fingerprint density at radius 3 is 2.20 bits per heavy atom. The molecule has 1 atom stereocenters. The van der Waals surface area contributed by atoms with Crippen LogP contribution in [0.2, 0.25) is 0 Å². The van der Waals surface area contributed by atoms with Gasteiger partial charge in [-0.25, -0.2) is 4.79 Å². The molecule has 2 aromatic rings. The number of para-hydroxylation sites is 1. The third kappa shape index (κ3) is 7.70. The molecule has 0 aliphatic carbocycles. The minimum absolute atomic E-state index is 0.304. The molecule has 0 bridgehead atoms. The minimum Gasteiger partial charge on any atom is -0.444 e. The van der Waals surface area contributed by atoms with E-state index >= 15 is 0 Å².